The molecule has 7 nitrogen and oxygen atoms in total. The maximum absolute atomic E-state index is 13.7. The molecule has 2 N–H and O–H groups in total. The van der Waals surface area contributed by atoms with E-state index < -0.39 is 27.8 Å². The summed E-state index contributed by atoms with van der Waals surface area (Å²) < 4.78 is 68.7. The molecule has 0 unspecified atom stereocenters. The molecule has 1 saturated heterocycles. The number of hydrogen-bond acceptors (Lipinski definition) is 4. The molecule has 1 heterocycles. The van der Waals surface area contributed by atoms with Gasteiger partial charge in [-0.05, 0) is 67.6 Å². The molecule has 212 valence electrons. The molecule has 2 amide bonds. The first-order valence-electron chi connectivity index (χ1n) is 13.3. The van der Waals surface area contributed by atoms with E-state index in [2.05, 4.69) is 27.7 Å². The van der Waals surface area contributed by atoms with Crippen molar-refractivity contribution in [2.75, 3.05) is 23.7 Å². The summed E-state index contributed by atoms with van der Waals surface area (Å²) in [6.07, 6.45) is -1.44. The van der Waals surface area contributed by atoms with Gasteiger partial charge in [-0.3, -0.25) is 4.90 Å². The molecule has 40 heavy (non-hydrogen) atoms. The van der Waals surface area contributed by atoms with E-state index in [0.717, 1.165) is 57.5 Å². The Balaban J connectivity index is 1.22. The number of urea groups is 1. The first kappa shape index (κ1) is 28.1. The Labute approximate surface area is 232 Å². The summed E-state index contributed by atoms with van der Waals surface area (Å²) in [5, 5.41) is 4.68. The van der Waals surface area contributed by atoms with Crippen molar-refractivity contribution in [3.8, 4) is 0 Å². The van der Waals surface area contributed by atoms with Crippen LogP contribution in [0.3, 0.4) is 0 Å². The van der Waals surface area contributed by atoms with Crippen LogP contribution in [0.4, 0.5) is 29.3 Å². The lowest BCUT2D eigenvalue weighted by Crippen LogP contribution is -2.48. The second-order valence-corrected chi connectivity index (χ2v) is 12.0. The Kier molecular flexibility index (Phi) is 8.16. The first-order chi connectivity index (χ1) is 19.1. The second-order valence-electron chi connectivity index (χ2n) is 10.2. The van der Waals surface area contributed by atoms with Crippen molar-refractivity contribution in [3.05, 3.63) is 90.0 Å². The molecule has 0 spiro atoms. The first-order valence-corrected chi connectivity index (χ1v) is 14.7. The molecular formula is C29H31F3N4O3S. The molecule has 1 aliphatic carbocycles. The molecule has 0 radical (unpaired) electrons. The Morgan fingerprint density at radius 1 is 0.825 bits per heavy atom. The summed E-state index contributed by atoms with van der Waals surface area (Å²) in [7, 11) is -3.77. The molecule has 0 atom stereocenters. The van der Waals surface area contributed by atoms with Crippen molar-refractivity contribution in [1.82, 2.24) is 9.21 Å². The molecule has 2 fully saturated rings. The highest BCUT2D eigenvalue weighted by Crippen LogP contribution is 2.37. The fourth-order valence-electron chi connectivity index (χ4n) is 5.15. The Morgan fingerprint density at radius 2 is 1.43 bits per heavy atom. The van der Waals surface area contributed by atoms with Crippen LogP contribution < -0.4 is 10.6 Å². The van der Waals surface area contributed by atoms with Crippen LogP contribution >= 0.6 is 0 Å². The molecular weight excluding hydrogens is 541 g/mol. The van der Waals surface area contributed by atoms with Gasteiger partial charge in [0, 0.05) is 37.4 Å². The van der Waals surface area contributed by atoms with Gasteiger partial charge >= 0.3 is 12.2 Å². The number of piperidine rings is 1. The number of likely N-dealkylation sites (tertiary alicyclic amines) is 1. The molecule has 1 aliphatic heterocycles. The maximum atomic E-state index is 13.7. The lowest BCUT2D eigenvalue weighted by Gasteiger charge is -2.38. The molecule has 2 aliphatic rings. The summed E-state index contributed by atoms with van der Waals surface area (Å²) >= 11 is 0. The fourth-order valence-corrected chi connectivity index (χ4v) is 7.08. The largest absolute Gasteiger partial charge is 0.418 e. The molecule has 5 rings (SSSR count). The maximum Gasteiger partial charge on any atom is 0.418 e. The number of nitrogens with one attached hydrogen (secondary N) is 2. The van der Waals surface area contributed by atoms with Crippen molar-refractivity contribution < 1.29 is 26.4 Å². The number of halogens is 3. The number of rotatable bonds is 8. The highest BCUT2D eigenvalue weighted by Gasteiger charge is 2.43. The predicted molar refractivity (Wildman–Crippen MR) is 147 cm³/mol. The minimum atomic E-state index is -4.62. The Morgan fingerprint density at radius 3 is 2.05 bits per heavy atom. The van der Waals surface area contributed by atoms with Crippen LogP contribution in [0.25, 0.3) is 0 Å². The topological polar surface area (TPSA) is 81.8 Å². The third kappa shape index (κ3) is 6.65. The summed E-state index contributed by atoms with van der Waals surface area (Å²) in [5.74, 6) is 0. The van der Waals surface area contributed by atoms with Crippen molar-refractivity contribution in [3.63, 3.8) is 0 Å². The number of anilines is 2. The number of benzene rings is 3. The lowest BCUT2D eigenvalue weighted by atomic mass is 10.0. The lowest BCUT2D eigenvalue weighted by molar-refractivity contribution is -0.136. The van der Waals surface area contributed by atoms with Crippen LogP contribution in [0.15, 0.2) is 83.8 Å². The van der Waals surface area contributed by atoms with Gasteiger partial charge < -0.3 is 10.6 Å². The minimum Gasteiger partial charge on any atom is -0.308 e. The third-order valence-corrected chi connectivity index (χ3v) is 9.26. The summed E-state index contributed by atoms with van der Waals surface area (Å²) in [5.41, 5.74) is 0.159. The van der Waals surface area contributed by atoms with Gasteiger partial charge in [0.25, 0.3) is 0 Å². The van der Waals surface area contributed by atoms with Gasteiger partial charge in [-0.1, -0.05) is 42.5 Å². The van der Waals surface area contributed by atoms with Gasteiger partial charge in [-0.2, -0.15) is 17.5 Å². The number of amides is 2. The third-order valence-electron chi connectivity index (χ3n) is 7.24. The standard InChI is InChI=1S/C29H31F3N4O3S/c30-29(31,32)26-8-4-5-9-27(26)34-28(37)33-22-10-14-25(15-11-22)40(38,39)36(23-12-13-23)24-16-18-35(19-17-24)20-21-6-2-1-3-7-21/h1-11,14-15,23-24H,12-13,16-20H2,(H2,33,34,37). The van der Waals surface area contributed by atoms with E-state index in [1.54, 1.807) is 4.31 Å². The van der Waals surface area contributed by atoms with Gasteiger partial charge in [0.2, 0.25) is 10.0 Å². The normalized spacial score (nSPS) is 17.1. The van der Waals surface area contributed by atoms with Crippen LogP contribution in [0, 0.1) is 0 Å². The Bertz CT molecular complexity index is 1420. The number of sulfonamides is 1. The number of nitrogens with zero attached hydrogens (tertiary/aromatic N) is 2. The summed E-state index contributed by atoms with van der Waals surface area (Å²) in [6.45, 7) is 2.47. The fraction of sp³-hybridized carbons (Fsp3) is 0.345. The van der Waals surface area contributed by atoms with E-state index in [0.29, 0.717) is 0 Å². The Hall–Kier alpha value is -3.41. The van der Waals surface area contributed by atoms with E-state index in [1.165, 1.54) is 42.0 Å². The number of para-hydroxylation sites is 1. The van der Waals surface area contributed by atoms with Gasteiger partial charge in [-0.15, -0.1) is 0 Å². The summed E-state index contributed by atoms with van der Waals surface area (Å²) in [4.78, 5) is 14.9. The highest BCUT2D eigenvalue weighted by atomic mass is 32.2. The van der Waals surface area contributed by atoms with Crippen molar-refractivity contribution in [2.24, 2.45) is 0 Å². The molecule has 3 aromatic rings. The quantitative estimate of drug-likeness (QED) is 0.339. The van der Waals surface area contributed by atoms with Gasteiger partial charge in [0.1, 0.15) is 0 Å². The number of carbonyl (C=O) groups excluding carboxylic acids is 1. The predicted octanol–water partition coefficient (Wildman–Crippen LogP) is 6.17. The molecule has 11 heteroatoms. The number of hydrogen-bond donors (Lipinski definition) is 2. The van der Waals surface area contributed by atoms with Crippen LogP contribution in [-0.2, 0) is 22.7 Å². The van der Waals surface area contributed by atoms with E-state index in [1.807, 2.05) is 18.2 Å². The van der Waals surface area contributed by atoms with E-state index >= 15 is 0 Å². The van der Waals surface area contributed by atoms with Gasteiger partial charge in [0.15, 0.2) is 0 Å². The minimum absolute atomic E-state index is 0.00652. The average Bonchev–Trinajstić information content (AvgIpc) is 3.75. The zero-order chi connectivity index (χ0) is 28.3. The van der Waals surface area contributed by atoms with Crippen LogP contribution in [0.1, 0.15) is 36.8 Å². The van der Waals surface area contributed by atoms with E-state index in [9.17, 15) is 26.4 Å². The van der Waals surface area contributed by atoms with E-state index in [4.69, 9.17) is 0 Å². The SMILES string of the molecule is O=C(Nc1ccc(S(=O)(=O)N(C2CC2)C2CCN(Cc3ccccc3)CC2)cc1)Nc1ccccc1C(F)(F)F. The van der Waals surface area contributed by atoms with Crippen molar-refractivity contribution in [1.29, 1.82) is 0 Å². The van der Waals surface area contributed by atoms with E-state index in [-0.39, 0.29) is 28.4 Å². The van der Waals surface area contributed by atoms with Gasteiger partial charge in [-0.25, -0.2) is 13.2 Å². The average molecular weight is 573 g/mol. The highest BCUT2D eigenvalue weighted by molar-refractivity contribution is 7.89. The monoisotopic (exact) mass is 572 g/mol. The number of alkyl halides is 3. The van der Waals surface area contributed by atoms with Gasteiger partial charge in [0.05, 0.1) is 16.1 Å². The smallest absolute Gasteiger partial charge is 0.308 e. The number of carbonyl (C=O) groups is 1. The summed E-state index contributed by atoms with van der Waals surface area (Å²) in [6, 6.07) is 19.7. The molecule has 0 aromatic heterocycles. The van der Waals surface area contributed by atoms with Crippen LogP contribution in [0.5, 0.6) is 0 Å². The van der Waals surface area contributed by atoms with Crippen LogP contribution in [-0.4, -0.2) is 48.8 Å². The van der Waals surface area contributed by atoms with Crippen molar-refractivity contribution in [2.45, 2.75) is 55.4 Å². The molecule has 0 bridgehead atoms. The zero-order valence-electron chi connectivity index (χ0n) is 21.8. The zero-order valence-corrected chi connectivity index (χ0v) is 22.6. The molecule has 1 saturated carbocycles. The van der Waals surface area contributed by atoms with Crippen molar-refractivity contribution >= 4 is 27.4 Å². The van der Waals surface area contributed by atoms with Crippen LogP contribution in [0.2, 0.25) is 0 Å². The second kappa shape index (κ2) is 11.6. The molecule has 3 aromatic carbocycles.